The minimum Gasteiger partial charge on any atom is -0.250 e. The minimum atomic E-state index is 0.491. The molecule has 2 heteroatoms. The van der Waals surface area contributed by atoms with Gasteiger partial charge >= 0.3 is 0 Å². The minimum absolute atomic E-state index is 0.491. The van der Waals surface area contributed by atoms with E-state index >= 15 is 0 Å². The van der Waals surface area contributed by atoms with Crippen LogP contribution in [0.3, 0.4) is 0 Å². The molecule has 0 radical (unpaired) electrons. The largest absolute Gasteiger partial charge is 0.250 e. The van der Waals surface area contributed by atoms with Gasteiger partial charge in [0.05, 0.1) is 0 Å². The number of hydrogen-bond donors (Lipinski definition) is 0. The number of hydrogen-bond acceptors (Lipinski definition) is 1. The first kappa shape index (κ1) is 12.7. The van der Waals surface area contributed by atoms with Gasteiger partial charge in [0, 0.05) is 29.4 Å². The summed E-state index contributed by atoms with van der Waals surface area (Å²) in [5, 5.41) is 0. The van der Waals surface area contributed by atoms with E-state index in [2.05, 4.69) is 60.7 Å². The Kier molecular flexibility index (Phi) is 5.74. The maximum Gasteiger partial charge on any atom is 0.0198 e. The van der Waals surface area contributed by atoms with Crippen molar-refractivity contribution in [2.75, 3.05) is 13.6 Å². The van der Waals surface area contributed by atoms with Crippen molar-refractivity contribution in [3.8, 4) is 0 Å². The molecule has 0 aliphatic carbocycles. The van der Waals surface area contributed by atoms with Gasteiger partial charge in [-0.15, -0.1) is 0 Å². The predicted octanol–water partition coefficient (Wildman–Crippen LogP) is 3.73. The lowest BCUT2D eigenvalue weighted by molar-refractivity contribution is 0.163. The molecule has 0 saturated carbocycles. The fourth-order valence-corrected chi connectivity index (χ4v) is 2.39. The van der Waals surface area contributed by atoms with Crippen LogP contribution in [0, 0.1) is 11.3 Å². The highest BCUT2D eigenvalue weighted by molar-refractivity contribution is 14.1. The summed E-state index contributed by atoms with van der Waals surface area (Å²) in [4.78, 5) is 0. The molecule has 0 N–H and O–H groups in total. The van der Waals surface area contributed by atoms with Gasteiger partial charge in [0.1, 0.15) is 0 Å². The van der Waals surface area contributed by atoms with Crippen LogP contribution in [0.1, 0.15) is 40.5 Å². The molecule has 0 aromatic carbocycles. The third-order valence-corrected chi connectivity index (χ3v) is 3.53. The van der Waals surface area contributed by atoms with Crippen LogP contribution in [-0.2, 0) is 0 Å². The quantitative estimate of drug-likeness (QED) is 0.549. The molecular formula is C10H22IN. The monoisotopic (exact) mass is 283 g/mol. The first-order valence-corrected chi connectivity index (χ1v) is 5.79. The second-order valence-corrected chi connectivity index (χ2v) is 5.73. The van der Waals surface area contributed by atoms with E-state index in [9.17, 15) is 0 Å². The summed E-state index contributed by atoms with van der Waals surface area (Å²) in [6.45, 7) is 10.5. The van der Waals surface area contributed by atoms with Gasteiger partial charge in [-0.3, -0.25) is 3.11 Å². The fraction of sp³-hybridized carbons (Fsp3) is 1.00. The van der Waals surface area contributed by atoms with Crippen LogP contribution in [0.15, 0.2) is 0 Å². The molecule has 0 fully saturated rings. The van der Waals surface area contributed by atoms with E-state index in [-0.39, 0.29) is 0 Å². The lowest BCUT2D eigenvalue weighted by atomic mass is 9.74. The summed E-state index contributed by atoms with van der Waals surface area (Å²) in [7, 11) is 2.15. The van der Waals surface area contributed by atoms with Gasteiger partial charge in [-0.05, 0) is 24.8 Å². The normalized spacial score (nSPS) is 19.2. The van der Waals surface area contributed by atoms with Gasteiger partial charge in [-0.1, -0.05) is 34.1 Å². The zero-order valence-corrected chi connectivity index (χ0v) is 11.2. The van der Waals surface area contributed by atoms with Crippen LogP contribution < -0.4 is 0 Å². The third kappa shape index (κ3) is 3.60. The van der Waals surface area contributed by atoms with Gasteiger partial charge < -0.3 is 0 Å². The Morgan fingerprint density at radius 1 is 1.42 bits per heavy atom. The van der Waals surface area contributed by atoms with Crippen LogP contribution in [0.2, 0.25) is 0 Å². The molecule has 0 aliphatic rings. The van der Waals surface area contributed by atoms with Crippen molar-refractivity contribution >= 4 is 22.9 Å². The summed E-state index contributed by atoms with van der Waals surface area (Å²) in [6, 6.07) is 0. The smallest absolute Gasteiger partial charge is 0.0198 e. The molecule has 0 saturated heterocycles. The lowest BCUT2D eigenvalue weighted by Gasteiger charge is -2.36. The average Bonchev–Trinajstić information content (AvgIpc) is 2.01. The Labute approximate surface area is 91.4 Å². The Balaban J connectivity index is 4.22. The van der Waals surface area contributed by atoms with Gasteiger partial charge in [-0.25, -0.2) is 0 Å². The van der Waals surface area contributed by atoms with Crippen LogP contribution in [0.5, 0.6) is 0 Å². The van der Waals surface area contributed by atoms with Gasteiger partial charge in [0.15, 0.2) is 0 Å². The van der Waals surface area contributed by atoms with Crippen molar-refractivity contribution in [2.45, 2.75) is 40.5 Å². The summed E-state index contributed by atoms with van der Waals surface area (Å²) >= 11 is 2.37. The SMILES string of the molecule is CCC(C)C(C)(CC)CN(C)I. The molecule has 0 aromatic rings. The van der Waals surface area contributed by atoms with Crippen molar-refractivity contribution in [3.63, 3.8) is 0 Å². The van der Waals surface area contributed by atoms with Gasteiger partial charge in [0.25, 0.3) is 0 Å². The molecule has 2 unspecified atom stereocenters. The number of halogens is 1. The van der Waals surface area contributed by atoms with Crippen molar-refractivity contribution in [1.82, 2.24) is 3.11 Å². The first-order chi connectivity index (χ1) is 5.46. The molecule has 12 heavy (non-hydrogen) atoms. The van der Waals surface area contributed by atoms with Crippen LogP contribution in [0.4, 0.5) is 0 Å². The maximum atomic E-state index is 2.40. The van der Waals surface area contributed by atoms with Gasteiger partial charge in [-0.2, -0.15) is 0 Å². The molecular weight excluding hydrogens is 261 g/mol. The zero-order valence-electron chi connectivity index (χ0n) is 9.02. The van der Waals surface area contributed by atoms with E-state index in [4.69, 9.17) is 0 Å². The second-order valence-electron chi connectivity index (χ2n) is 4.08. The van der Waals surface area contributed by atoms with E-state index < -0.39 is 0 Å². The molecule has 1 nitrogen and oxygen atoms in total. The van der Waals surface area contributed by atoms with Crippen molar-refractivity contribution in [1.29, 1.82) is 0 Å². The first-order valence-electron chi connectivity index (χ1n) is 4.83. The van der Waals surface area contributed by atoms with E-state index in [1.165, 1.54) is 19.4 Å². The highest BCUT2D eigenvalue weighted by Crippen LogP contribution is 2.34. The summed E-state index contributed by atoms with van der Waals surface area (Å²) in [5.74, 6) is 0.819. The fourth-order valence-electron chi connectivity index (χ4n) is 1.61. The molecule has 0 heterocycles. The predicted molar refractivity (Wildman–Crippen MR) is 64.5 cm³/mol. The Hall–Kier alpha value is 0.690. The molecule has 74 valence electrons. The van der Waals surface area contributed by atoms with E-state index in [1.54, 1.807) is 0 Å². The Morgan fingerprint density at radius 3 is 2.17 bits per heavy atom. The molecule has 0 spiro atoms. The Morgan fingerprint density at radius 2 is 1.92 bits per heavy atom. The lowest BCUT2D eigenvalue weighted by Crippen LogP contribution is -2.33. The molecule has 0 bridgehead atoms. The molecule has 0 aromatic heterocycles. The number of rotatable bonds is 5. The van der Waals surface area contributed by atoms with Crippen molar-refractivity contribution in [3.05, 3.63) is 0 Å². The zero-order chi connectivity index (χ0) is 9.78. The highest BCUT2D eigenvalue weighted by Gasteiger charge is 2.28. The van der Waals surface area contributed by atoms with Crippen molar-refractivity contribution in [2.24, 2.45) is 11.3 Å². The summed E-state index contributed by atoms with van der Waals surface area (Å²) < 4.78 is 2.27. The molecule has 0 rings (SSSR count). The Bertz CT molecular complexity index is 125. The van der Waals surface area contributed by atoms with E-state index in [1.807, 2.05) is 0 Å². The molecule has 2 atom stereocenters. The van der Waals surface area contributed by atoms with Crippen LogP contribution >= 0.6 is 22.9 Å². The number of nitrogens with zero attached hydrogens (tertiary/aromatic N) is 1. The third-order valence-electron chi connectivity index (χ3n) is 3.19. The van der Waals surface area contributed by atoms with E-state index in [0.29, 0.717) is 5.41 Å². The molecule has 0 amide bonds. The second kappa shape index (κ2) is 5.43. The van der Waals surface area contributed by atoms with Gasteiger partial charge in [0.2, 0.25) is 0 Å². The summed E-state index contributed by atoms with van der Waals surface area (Å²) in [5.41, 5.74) is 0.491. The summed E-state index contributed by atoms with van der Waals surface area (Å²) in [6.07, 6.45) is 2.56. The van der Waals surface area contributed by atoms with Crippen LogP contribution in [-0.4, -0.2) is 16.7 Å². The maximum absolute atomic E-state index is 2.40. The standard InChI is InChI=1S/C10H22IN/c1-6-9(3)10(4,7-2)8-12(5)11/h9H,6-8H2,1-5H3. The van der Waals surface area contributed by atoms with Crippen LogP contribution in [0.25, 0.3) is 0 Å². The topological polar surface area (TPSA) is 3.24 Å². The van der Waals surface area contributed by atoms with E-state index in [0.717, 1.165) is 5.92 Å². The highest BCUT2D eigenvalue weighted by atomic mass is 127. The molecule has 0 aliphatic heterocycles. The average molecular weight is 283 g/mol. The van der Waals surface area contributed by atoms with Crippen molar-refractivity contribution < 1.29 is 0 Å².